The molecular weight excluding hydrogens is 517 g/mol. The maximum Gasteiger partial charge on any atom is 0.208 e. The summed E-state index contributed by atoms with van der Waals surface area (Å²) in [6.07, 6.45) is 3.03. The van der Waals surface area contributed by atoms with E-state index in [0.717, 1.165) is 16.6 Å². The van der Waals surface area contributed by atoms with E-state index >= 15 is 4.39 Å². The van der Waals surface area contributed by atoms with Crippen LogP contribution in [-0.4, -0.2) is 0 Å². The number of anilines is 1. The SMILES string of the molecule is CC1(c2ccc(C3Oc4cc(Br)cc(F)c4C4Cc5cc(Br)ccc5N43)s2)CC1. The third-order valence-corrected chi connectivity index (χ3v) is 8.79. The minimum Gasteiger partial charge on any atom is -0.465 e. The third kappa shape index (κ3) is 2.82. The van der Waals surface area contributed by atoms with Crippen LogP contribution in [0.5, 0.6) is 5.75 Å². The van der Waals surface area contributed by atoms with Crippen molar-refractivity contribution in [1.82, 2.24) is 0 Å². The van der Waals surface area contributed by atoms with E-state index in [0.29, 0.717) is 21.2 Å². The van der Waals surface area contributed by atoms with Crippen molar-refractivity contribution in [1.29, 1.82) is 0 Å². The number of hydrogen-bond donors (Lipinski definition) is 0. The van der Waals surface area contributed by atoms with Crippen molar-refractivity contribution in [3.63, 3.8) is 0 Å². The lowest BCUT2D eigenvalue weighted by molar-refractivity contribution is 0.168. The second-order valence-corrected chi connectivity index (χ2v) is 11.4. The second kappa shape index (κ2) is 6.32. The Kier molecular flexibility index (Phi) is 4.01. The van der Waals surface area contributed by atoms with Gasteiger partial charge in [-0.25, -0.2) is 4.39 Å². The van der Waals surface area contributed by atoms with Gasteiger partial charge in [-0.05, 0) is 67.3 Å². The smallest absolute Gasteiger partial charge is 0.208 e. The summed E-state index contributed by atoms with van der Waals surface area (Å²) < 4.78 is 23.3. The van der Waals surface area contributed by atoms with Crippen molar-refractivity contribution in [3.8, 4) is 5.75 Å². The van der Waals surface area contributed by atoms with Gasteiger partial charge in [0, 0.05) is 24.9 Å². The molecular formula is C23H18Br2FNOS. The first-order valence-electron chi connectivity index (χ1n) is 9.75. The van der Waals surface area contributed by atoms with Crippen LogP contribution in [0.1, 0.15) is 52.9 Å². The van der Waals surface area contributed by atoms with Crippen LogP contribution in [0, 0.1) is 5.82 Å². The van der Waals surface area contributed by atoms with E-state index in [1.165, 1.54) is 34.2 Å². The molecule has 148 valence electrons. The summed E-state index contributed by atoms with van der Waals surface area (Å²) in [5, 5.41) is 0. The van der Waals surface area contributed by atoms with Gasteiger partial charge in [0.05, 0.1) is 16.5 Å². The molecule has 1 aliphatic carbocycles. The van der Waals surface area contributed by atoms with E-state index in [4.69, 9.17) is 4.74 Å². The highest BCUT2D eigenvalue weighted by Gasteiger charge is 2.45. The molecule has 2 unspecified atom stereocenters. The largest absolute Gasteiger partial charge is 0.465 e. The fraction of sp³-hybridized carbons (Fsp3) is 0.304. The monoisotopic (exact) mass is 533 g/mol. The van der Waals surface area contributed by atoms with Crippen LogP contribution in [0.2, 0.25) is 0 Å². The zero-order valence-corrected chi connectivity index (χ0v) is 19.7. The van der Waals surface area contributed by atoms with Crippen LogP contribution in [0.15, 0.2) is 51.4 Å². The van der Waals surface area contributed by atoms with Gasteiger partial charge in [0.15, 0.2) is 0 Å². The van der Waals surface area contributed by atoms with Gasteiger partial charge in [-0.1, -0.05) is 38.8 Å². The fourth-order valence-corrected chi connectivity index (χ4v) is 6.63. The summed E-state index contributed by atoms with van der Waals surface area (Å²) in [4.78, 5) is 4.88. The first kappa shape index (κ1) is 18.4. The number of ether oxygens (including phenoxy) is 1. The summed E-state index contributed by atoms with van der Waals surface area (Å²) in [6.45, 7) is 2.33. The van der Waals surface area contributed by atoms with E-state index in [2.05, 4.69) is 74.0 Å². The van der Waals surface area contributed by atoms with Gasteiger partial charge in [-0.15, -0.1) is 11.3 Å². The normalized spacial score (nSPS) is 23.2. The Labute approximate surface area is 189 Å². The molecule has 29 heavy (non-hydrogen) atoms. The van der Waals surface area contributed by atoms with Crippen LogP contribution in [-0.2, 0) is 11.8 Å². The lowest BCUT2D eigenvalue weighted by Crippen LogP contribution is -2.37. The number of thiophene rings is 1. The third-order valence-electron chi connectivity index (χ3n) is 6.41. The van der Waals surface area contributed by atoms with Gasteiger partial charge in [-0.2, -0.15) is 0 Å². The Hall–Kier alpha value is -1.37. The van der Waals surface area contributed by atoms with E-state index in [-0.39, 0.29) is 18.1 Å². The van der Waals surface area contributed by atoms with Crippen molar-refractivity contribution in [2.75, 3.05) is 4.90 Å². The quantitative estimate of drug-likeness (QED) is 0.334. The van der Waals surface area contributed by atoms with Crippen molar-refractivity contribution < 1.29 is 9.13 Å². The van der Waals surface area contributed by atoms with Gasteiger partial charge in [0.1, 0.15) is 11.6 Å². The molecule has 0 amide bonds. The highest BCUT2D eigenvalue weighted by Crippen LogP contribution is 2.55. The standard InChI is InChI=1S/C23H18Br2FNOS/c1-23(6-7-23)20-5-4-19(29-20)22-27-16-3-2-13(24)8-12(16)9-17(27)21-15(26)10-14(25)11-18(21)28-22/h2-5,8,10-11,17,22H,6-7,9H2,1H3. The lowest BCUT2D eigenvalue weighted by Gasteiger charge is -2.40. The molecule has 3 heterocycles. The summed E-state index contributed by atoms with van der Waals surface area (Å²) in [5.74, 6) is 0.426. The van der Waals surface area contributed by atoms with Crippen LogP contribution >= 0.6 is 43.2 Å². The Morgan fingerprint density at radius 3 is 2.72 bits per heavy atom. The molecule has 0 spiro atoms. The van der Waals surface area contributed by atoms with Gasteiger partial charge in [0.2, 0.25) is 6.23 Å². The second-order valence-electron chi connectivity index (χ2n) is 8.43. The number of hydrogen-bond acceptors (Lipinski definition) is 3. The Balaban J connectivity index is 1.51. The van der Waals surface area contributed by atoms with Crippen LogP contribution < -0.4 is 9.64 Å². The number of halogens is 3. The van der Waals surface area contributed by atoms with E-state index in [1.807, 2.05) is 17.4 Å². The predicted molar refractivity (Wildman–Crippen MR) is 121 cm³/mol. The Bertz CT molecular complexity index is 1160. The summed E-state index contributed by atoms with van der Waals surface area (Å²) in [6, 6.07) is 14.1. The maximum absolute atomic E-state index is 15.0. The van der Waals surface area contributed by atoms with E-state index in [1.54, 1.807) is 0 Å². The molecule has 6 rings (SSSR count). The van der Waals surface area contributed by atoms with Gasteiger partial charge >= 0.3 is 0 Å². The highest BCUT2D eigenvalue weighted by molar-refractivity contribution is 9.10. The molecule has 1 aromatic heterocycles. The number of nitrogens with zero attached hydrogens (tertiary/aromatic N) is 1. The molecule has 1 saturated carbocycles. The van der Waals surface area contributed by atoms with Crippen molar-refractivity contribution in [3.05, 3.63) is 78.1 Å². The van der Waals surface area contributed by atoms with Crippen LogP contribution in [0.4, 0.5) is 10.1 Å². The topological polar surface area (TPSA) is 12.5 Å². The highest BCUT2D eigenvalue weighted by atomic mass is 79.9. The van der Waals surface area contributed by atoms with Crippen molar-refractivity contribution >= 4 is 48.9 Å². The van der Waals surface area contributed by atoms with Crippen molar-refractivity contribution in [2.45, 2.75) is 43.9 Å². The zero-order valence-electron chi connectivity index (χ0n) is 15.7. The van der Waals surface area contributed by atoms with Crippen LogP contribution in [0.25, 0.3) is 0 Å². The molecule has 3 aliphatic rings. The summed E-state index contributed by atoms with van der Waals surface area (Å²) >= 11 is 8.85. The average Bonchev–Trinajstić information content (AvgIpc) is 3.10. The zero-order chi connectivity index (χ0) is 19.9. The Morgan fingerprint density at radius 2 is 1.93 bits per heavy atom. The summed E-state index contributed by atoms with van der Waals surface area (Å²) in [5.41, 5.74) is 3.34. The fourth-order valence-electron chi connectivity index (χ4n) is 4.57. The minimum absolute atomic E-state index is 0.0665. The molecule has 0 N–H and O–H groups in total. The Morgan fingerprint density at radius 1 is 1.10 bits per heavy atom. The predicted octanol–water partition coefficient (Wildman–Crippen LogP) is 7.66. The van der Waals surface area contributed by atoms with Gasteiger partial charge < -0.3 is 9.64 Å². The maximum atomic E-state index is 15.0. The molecule has 6 heteroatoms. The number of fused-ring (bicyclic) bond motifs is 5. The van der Waals surface area contributed by atoms with Crippen LogP contribution in [0.3, 0.4) is 0 Å². The lowest BCUT2D eigenvalue weighted by atomic mass is 9.99. The molecule has 1 fully saturated rings. The molecule has 2 aromatic carbocycles. The van der Waals surface area contributed by atoms with Crippen molar-refractivity contribution in [2.24, 2.45) is 0 Å². The van der Waals surface area contributed by atoms with E-state index in [9.17, 15) is 0 Å². The number of rotatable bonds is 2. The summed E-state index contributed by atoms with van der Waals surface area (Å²) in [7, 11) is 0. The van der Waals surface area contributed by atoms with Gasteiger partial charge in [0.25, 0.3) is 0 Å². The average molecular weight is 535 g/mol. The first-order valence-corrected chi connectivity index (χ1v) is 12.2. The molecule has 0 radical (unpaired) electrons. The molecule has 2 nitrogen and oxygen atoms in total. The van der Waals surface area contributed by atoms with Gasteiger partial charge in [-0.3, -0.25) is 0 Å². The molecule has 2 atom stereocenters. The first-order chi connectivity index (χ1) is 13.9. The molecule has 0 saturated heterocycles. The molecule has 3 aromatic rings. The minimum atomic E-state index is -0.246. The molecule has 0 bridgehead atoms. The van der Waals surface area contributed by atoms with E-state index < -0.39 is 0 Å². The number of benzene rings is 2. The molecule has 2 aliphatic heterocycles.